The summed E-state index contributed by atoms with van der Waals surface area (Å²) in [5, 5.41) is 17.8. The van der Waals surface area contributed by atoms with E-state index in [0.29, 0.717) is 0 Å². The Balaban J connectivity index is 2.93. The molecule has 1 rings (SSSR count). The highest BCUT2D eigenvalue weighted by Gasteiger charge is 2.08. The Kier molecular flexibility index (Phi) is 7.74. The first kappa shape index (κ1) is 16.5. The minimum atomic E-state index is -0.145. The monoisotopic (exact) mass is 277 g/mol. The van der Waals surface area contributed by atoms with Gasteiger partial charge in [0.15, 0.2) is 0 Å². The maximum absolute atomic E-state index is 8.93. The molecule has 0 amide bonds. The van der Waals surface area contributed by atoms with E-state index in [1.165, 1.54) is 0 Å². The summed E-state index contributed by atoms with van der Waals surface area (Å²) < 4.78 is 5.25. The fourth-order valence-electron chi connectivity index (χ4n) is 1.97. The SMILES string of the molecule is CCN(CCCO)Cc1cc(OC)ccc1C#CCO. The molecule has 1 aromatic rings. The number of nitrogens with zero attached hydrogens (tertiary/aromatic N) is 1. The van der Waals surface area contributed by atoms with Gasteiger partial charge in [-0.25, -0.2) is 0 Å². The van der Waals surface area contributed by atoms with Crippen molar-refractivity contribution in [3.63, 3.8) is 0 Å². The fraction of sp³-hybridized carbons (Fsp3) is 0.500. The summed E-state index contributed by atoms with van der Waals surface area (Å²) in [6, 6.07) is 5.76. The average molecular weight is 277 g/mol. The third-order valence-electron chi connectivity index (χ3n) is 3.09. The largest absolute Gasteiger partial charge is 0.497 e. The van der Waals surface area contributed by atoms with E-state index in [2.05, 4.69) is 23.7 Å². The van der Waals surface area contributed by atoms with E-state index in [9.17, 15) is 0 Å². The zero-order valence-electron chi connectivity index (χ0n) is 12.2. The van der Waals surface area contributed by atoms with Gasteiger partial charge in [0.25, 0.3) is 0 Å². The van der Waals surface area contributed by atoms with E-state index < -0.39 is 0 Å². The summed E-state index contributed by atoms with van der Waals surface area (Å²) in [6.07, 6.45) is 0.759. The number of ether oxygens (including phenoxy) is 1. The van der Waals surface area contributed by atoms with Crippen LogP contribution in [0.2, 0.25) is 0 Å². The normalized spacial score (nSPS) is 10.2. The molecular formula is C16H23NO3. The molecule has 0 bridgehead atoms. The van der Waals surface area contributed by atoms with E-state index in [-0.39, 0.29) is 13.2 Å². The quantitative estimate of drug-likeness (QED) is 0.736. The molecule has 0 aromatic heterocycles. The van der Waals surface area contributed by atoms with Gasteiger partial charge in [-0.2, -0.15) is 0 Å². The molecule has 0 heterocycles. The van der Waals surface area contributed by atoms with Crippen molar-refractivity contribution in [2.24, 2.45) is 0 Å². The van der Waals surface area contributed by atoms with Crippen molar-refractivity contribution in [2.45, 2.75) is 19.9 Å². The first-order valence-electron chi connectivity index (χ1n) is 6.85. The molecule has 0 spiro atoms. The number of methoxy groups -OCH3 is 1. The fourth-order valence-corrected chi connectivity index (χ4v) is 1.97. The van der Waals surface area contributed by atoms with E-state index in [0.717, 1.165) is 42.9 Å². The molecule has 0 saturated carbocycles. The van der Waals surface area contributed by atoms with Crippen LogP contribution >= 0.6 is 0 Å². The molecule has 4 heteroatoms. The highest BCUT2D eigenvalue weighted by molar-refractivity contribution is 5.45. The van der Waals surface area contributed by atoms with Crippen LogP contribution in [0.1, 0.15) is 24.5 Å². The second kappa shape index (κ2) is 9.38. The van der Waals surface area contributed by atoms with Crippen molar-refractivity contribution in [3.05, 3.63) is 29.3 Å². The van der Waals surface area contributed by atoms with Crippen molar-refractivity contribution in [1.82, 2.24) is 4.90 Å². The number of benzene rings is 1. The standard InChI is InChI=1S/C16H23NO3/c1-3-17(9-5-11-19)13-15-12-16(20-2)8-7-14(15)6-4-10-18/h7-8,12,18-19H,3,5,9-11,13H2,1-2H3. The van der Waals surface area contributed by atoms with Crippen LogP contribution in [0.4, 0.5) is 0 Å². The van der Waals surface area contributed by atoms with Crippen LogP contribution in [0.15, 0.2) is 18.2 Å². The Labute approximate surface area is 121 Å². The Hall–Kier alpha value is -1.54. The van der Waals surface area contributed by atoms with Crippen molar-refractivity contribution in [1.29, 1.82) is 0 Å². The van der Waals surface area contributed by atoms with E-state index in [1.54, 1.807) is 7.11 Å². The minimum absolute atomic E-state index is 0.145. The summed E-state index contributed by atoms with van der Waals surface area (Å²) in [4.78, 5) is 2.25. The van der Waals surface area contributed by atoms with E-state index in [1.807, 2.05) is 18.2 Å². The number of rotatable bonds is 7. The van der Waals surface area contributed by atoms with Gasteiger partial charge in [0.1, 0.15) is 12.4 Å². The summed E-state index contributed by atoms with van der Waals surface area (Å²) in [5.74, 6) is 6.45. The maximum Gasteiger partial charge on any atom is 0.119 e. The number of aliphatic hydroxyl groups is 2. The maximum atomic E-state index is 8.93. The minimum Gasteiger partial charge on any atom is -0.497 e. The Morgan fingerprint density at radius 2 is 2.10 bits per heavy atom. The second-order valence-corrected chi connectivity index (χ2v) is 4.43. The summed E-state index contributed by atoms with van der Waals surface area (Å²) in [5.41, 5.74) is 1.98. The predicted octanol–water partition coefficient (Wildman–Crippen LogP) is 1.24. The van der Waals surface area contributed by atoms with Gasteiger partial charge < -0.3 is 14.9 Å². The molecule has 20 heavy (non-hydrogen) atoms. The lowest BCUT2D eigenvalue weighted by Crippen LogP contribution is -2.25. The van der Waals surface area contributed by atoms with Gasteiger partial charge in [0.2, 0.25) is 0 Å². The molecule has 0 aliphatic carbocycles. The molecule has 0 radical (unpaired) electrons. The molecule has 0 unspecified atom stereocenters. The van der Waals surface area contributed by atoms with Gasteiger partial charge in [0, 0.05) is 25.3 Å². The van der Waals surface area contributed by atoms with E-state index in [4.69, 9.17) is 14.9 Å². The van der Waals surface area contributed by atoms with Gasteiger partial charge in [0.05, 0.1) is 7.11 Å². The summed E-state index contributed by atoms with van der Waals surface area (Å²) >= 11 is 0. The third kappa shape index (κ3) is 5.22. The summed E-state index contributed by atoms with van der Waals surface area (Å²) in [6.45, 7) is 4.65. The first-order valence-corrected chi connectivity index (χ1v) is 6.85. The summed E-state index contributed by atoms with van der Waals surface area (Å²) in [7, 11) is 1.64. The molecule has 0 aliphatic rings. The Morgan fingerprint density at radius 1 is 1.30 bits per heavy atom. The molecule has 2 N–H and O–H groups in total. The first-order chi connectivity index (χ1) is 9.74. The lowest BCUT2D eigenvalue weighted by Gasteiger charge is -2.21. The highest BCUT2D eigenvalue weighted by atomic mass is 16.5. The van der Waals surface area contributed by atoms with Gasteiger partial charge in [-0.3, -0.25) is 4.90 Å². The molecule has 0 atom stereocenters. The lowest BCUT2D eigenvalue weighted by atomic mass is 10.1. The molecular weight excluding hydrogens is 254 g/mol. The number of aliphatic hydroxyl groups excluding tert-OH is 2. The molecule has 4 nitrogen and oxygen atoms in total. The molecule has 1 aromatic carbocycles. The topological polar surface area (TPSA) is 52.9 Å². The number of hydrogen-bond donors (Lipinski definition) is 2. The van der Waals surface area contributed by atoms with Crippen LogP contribution < -0.4 is 4.74 Å². The van der Waals surface area contributed by atoms with Crippen LogP contribution in [0, 0.1) is 11.8 Å². The van der Waals surface area contributed by atoms with Gasteiger partial charge in [-0.1, -0.05) is 18.8 Å². The van der Waals surface area contributed by atoms with Gasteiger partial charge in [-0.15, -0.1) is 0 Å². The van der Waals surface area contributed by atoms with Crippen molar-refractivity contribution in [3.8, 4) is 17.6 Å². The second-order valence-electron chi connectivity index (χ2n) is 4.43. The average Bonchev–Trinajstić information content (AvgIpc) is 2.49. The molecule has 0 aliphatic heterocycles. The zero-order chi connectivity index (χ0) is 14.8. The van der Waals surface area contributed by atoms with Crippen molar-refractivity contribution in [2.75, 3.05) is 33.4 Å². The molecule has 0 fully saturated rings. The van der Waals surface area contributed by atoms with Crippen molar-refractivity contribution >= 4 is 0 Å². The third-order valence-corrected chi connectivity index (χ3v) is 3.09. The van der Waals surface area contributed by atoms with E-state index >= 15 is 0 Å². The van der Waals surface area contributed by atoms with Gasteiger partial charge >= 0.3 is 0 Å². The van der Waals surface area contributed by atoms with Crippen LogP contribution in [0.5, 0.6) is 5.75 Å². The molecule has 110 valence electrons. The molecule has 0 saturated heterocycles. The number of hydrogen-bond acceptors (Lipinski definition) is 4. The lowest BCUT2D eigenvalue weighted by molar-refractivity contribution is 0.225. The Morgan fingerprint density at radius 3 is 2.70 bits per heavy atom. The van der Waals surface area contributed by atoms with Crippen LogP contribution in [-0.4, -0.2) is 48.5 Å². The zero-order valence-corrected chi connectivity index (χ0v) is 12.2. The highest BCUT2D eigenvalue weighted by Crippen LogP contribution is 2.19. The predicted molar refractivity (Wildman–Crippen MR) is 79.6 cm³/mol. The van der Waals surface area contributed by atoms with Crippen LogP contribution in [0.25, 0.3) is 0 Å². The Bertz CT molecular complexity index is 463. The van der Waals surface area contributed by atoms with Gasteiger partial charge in [-0.05, 0) is 36.7 Å². The van der Waals surface area contributed by atoms with Crippen molar-refractivity contribution < 1.29 is 14.9 Å². The smallest absolute Gasteiger partial charge is 0.119 e. The van der Waals surface area contributed by atoms with Crippen LogP contribution in [0.3, 0.4) is 0 Å². The van der Waals surface area contributed by atoms with Crippen LogP contribution in [-0.2, 0) is 6.54 Å².